The minimum Gasteiger partial charge on any atom is -0.487 e. The number of hydrogen-bond acceptors (Lipinski definition) is 4. The first-order chi connectivity index (χ1) is 7.06. The van der Waals surface area contributed by atoms with E-state index in [1.54, 1.807) is 19.9 Å². The molecule has 1 atom stereocenters. The molecular formula is C10H13NO4. The van der Waals surface area contributed by atoms with Gasteiger partial charge in [-0.3, -0.25) is 10.1 Å². The van der Waals surface area contributed by atoms with Crippen LogP contribution in [-0.2, 0) is 0 Å². The molecule has 0 amide bonds. The highest BCUT2D eigenvalue weighted by Gasteiger charge is 2.16. The lowest BCUT2D eigenvalue weighted by Crippen LogP contribution is -1.99. The summed E-state index contributed by atoms with van der Waals surface area (Å²) in [5, 5.41) is 20.0. The highest BCUT2D eigenvalue weighted by atomic mass is 16.6. The van der Waals surface area contributed by atoms with Gasteiger partial charge in [-0.1, -0.05) is 6.07 Å². The molecule has 1 N–H and O–H groups in total. The van der Waals surface area contributed by atoms with E-state index in [0.717, 1.165) is 0 Å². The lowest BCUT2D eigenvalue weighted by Gasteiger charge is -2.07. The smallest absolute Gasteiger partial charge is 0.311 e. The zero-order valence-electron chi connectivity index (χ0n) is 8.64. The summed E-state index contributed by atoms with van der Waals surface area (Å²) in [4.78, 5) is 10.2. The Kier molecular flexibility index (Phi) is 3.62. The van der Waals surface area contributed by atoms with Crippen LogP contribution in [0.5, 0.6) is 5.75 Å². The third-order valence-corrected chi connectivity index (χ3v) is 1.96. The molecule has 0 aliphatic rings. The quantitative estimate of drug-likeness (QED) is 0.611. The van der Waals surface area contributed by atoms with Gasteiger partial charge < -0.3 is 9.84 Å². The third kappa shape index (κ3) is 2.66. The number of hydrogen-bond donors (Lipinski definition) is 1. The fourth-order valence-electron chi connectivity index (χ4n) is 1.21. The summed E-state index contributed by atoms with van der Waals surface area (Å²) in [5.74, 6) is 0.229. The van der Waals surface area contributed by atoms with Crippen molar-refractivity contribution < 1.29 is 14.8 Å². The second-order valence-electron chi connectivity index (χ2n) is 3.09. The van der Waals surface area contributed by atoms with Gasteiger partial charge in [0.1, 0.15) is 0 Å². The van der Waals surface area contributed by atoms with Crippen LogP contribution in [0.15, 0.2) is 18.2 Å². The van der Waals surface area contributed by atoms with Gasteiger partial charge in [0.05, 0.1) is 17.6 Å². The topological polar surface area (TPSA) is 72.6 Å². The van der Waals surface area contributed by atoms with E-state index >= 15 is 0 Å². The van der Waals surface area contributed by atoms with Gasteiger partial charge in [-0.15, -0.1) is 0 Å². The molecule has 0 fully saturated rings. The molecule has 82 valence electrons. The Bertz CT molecular complexity index is 362. The zero-order valence-corrected chi connectivity index (χ0v) is 8.64. The molecule has 0 aliphatic carbocycles. The summed E-state index contributed by atoms with van der Waals surface area (Å²) in [6.45, 7) is 3.68. The average Bonchev–Trinajstić information content (AvgIpc) is 2.18. The number of nitrogens with zero attached hydrogens (tertiary/aromatic N) is 1. The maximum absolute atomic E-state index is 10.7. The van der Waals surface area contributed by atoms with Crippen molar-refractivity contribution in [3.8, 4) is 5.75 Å². The Hall–Kier alpha value is -1.62. The molecular weight excluding hydrogens is 198 g/mol. The molecule has 0 radical (unpaired) electrons. The minimum absolute atomic E-state index is 0.116. The van der Waals surface area contributed by atoms with Crippen LogP contribution in [0.2, 0.25) is 0 Å². The van der Waals surface area contributed by atoms with Crippen molar-refractivity contribution in [2.45, 2.75) is 20.0 Å². The van der Waals surface area contributed by atoms with Gasteiger partial charge >= 0.3 is 5.69 Å². The maximum atomic E-state index is 10.7. The molecule has 1 rings (SSSR count). The Balaban J connectivity index is 3.14. The molecule has 1 unspecified atom stereocenters. The Morgan fingerprint density at radius 1 is 1.60 bits per heavy atom. The molecule has 0 spiro atoms. The summed E-state index contributed by atoms with van der Waals surface area (Å²) in [5.41, 5.74) is 0.389. The van der Waals surface area contributed by atoms with Crippen molar-refractivity contribution in [3.63, 3.8) is 0 Å². The van der Waals surface area contributed by atoms with E-state index < -0.39 is 11.0 Å². The first kappa shape index (κ1) is 11.5. The molecule has 5 nitrogen and oxygen atoms in total. The van der Waals surface area contributed by atoms with Crippen LogP contribution in [0.3, 0.4) is 0 Å². The van der Waals surface area contributed by atoms with Gasteiger partial charge in [-0.25, -0.2) is 0 Å². The second-order valence-corrected chi connectivity index (χ2v) is 3.09. The van der Waals surface area contributed by atoms with Crippen LogP contribution in [0.1, 0.15) is 25.5 Å². The van der Waals surface area contributed by atoms with Crippen LogP contribution in [-0.4, -0.2) is 16.6 Å². The van der Waals surface area contributed by atoms with Gasteiger partial charge in [0.25, 0.3) is 0 Å². The Morgan fingerprint density at radius 3 is 2.73 bits per heavy atom. The summed E-state index contributed by atoms with van der Waals surface area (Å²) >= 11 is 0. The van der Waals surface area contributed by atoms with E-state index in [1.807, 2.05) is 0 Å². The standard InChI is InChI=1S/C10H13NO4/c1-3-15-10-5-4-8(7(2)12)6-9(10)11(13)14/h4-7,12H,3H2,1-2H3. The summed E-state index contributed by atoms with van der Waals surface area (Å²) < 4.78 is 5.11. The lowest BCUT2D eigenvalue weighted by atomic mass is 10.1. The van der Waals surface area contributed by atoms with Crippen LogP contribution in [0, 0.1) is 10.1 Å². The Morgan fingerprint density at radius 2 is 2.27 bits per heavy atom. The number of rotatable bonds is 4. The first-order valence-electron chi connectivity index (χ1n) is 4.65. The number of nitro benzene ring substituents is 1. The summed E-state index contributed by atoms with van der Waals surface area (Å²) in [6, 6.07) is 4.45. The predicted octanol–water partition coefficient (Wildman–Crippen LogP) is 2.05. The summed E-state index contributed by atoms with van der Waals surface area (Å²) in [7, 11) is 0. The average molecular weight is 211 g/mol. The number of aliphatic hydroxyl groups excluding tert-OH is 1. The second kappa shape index (κ2) is 4.75. The van der Waals surface area contributed by atoms with Gasteiger partial charge in [0.15, 0.2) is 5.75 Å². The van der Waals surface area contributed by atoms with E-state index in [9.17, 15) is 15.2 Å². The van der Waals surface area contributed by atoms with E-state index in [4.69, 9.17) is 4.74 Å². The minimum atomic E-state index is -0.723. The molecule has 1 aromatic carbocycles. The first-order valence-corrected chi connectivity index (χ1v) is 4.65. The normalized spacial score (nSPS) is 12.2. The molecule has 15 heavy (non-hydrogen) atoms. The number of aliphatic hydroxyl groups is 1. The largest absolute Gasteiger partial charge is 0.487 e. The maximum Gasteiger partial charge on any atom is 0.311 e. The molecule has 0 aromatic heterocycles. The van der Waals surface area contributed by atoms with E-state index in [-0.39, 0.29) is 11.4 Å². The predicted molar refractivity (Wildman–Crippen MR) is 54.9 cm³/mol. The van der Waals surface area contributed by atoms with Crippen molar-refractivity contribution in [2.24, 2.45) is 0 Å². The van der Waals surface area contributed by atoms with Gasteiger partial charge in [0.2, 0.25) is 0 Å². The molecule has 0 bridgehead atoms. The van der Waals surface area contributed by atoms with Crippen LogP contribution in [0.25, 0.3) is 0 Å². The van der Waals surface area contributed by atoms with Gasteiger partial charge in [-0.2, -0.15) is 0 Å². The van der Waals surface area contributed by atoms with E-state index in [2.05, 4.69) is 0 Å². The van der Waals surface area contributed by atoms with Crippen molar-refractivity contribution in [1.29, 1.82) is 0 Å². The number of benzene rings is 1. The highest BCUT2D eigenvalue weighted by Crippen LogP contribution is 2.29. The molecule has 1 aromatic rings. The molecule has 5 heteroatoms. The molecule has 0 heterocycles. The van der Waals surface area contributed by atoms with E-state index in [0.29, 0.717) is 12.2 Å². The monoisotopic (exact) mass is 211 g/mol. The molecule has 0 aliphatic heterocycles. The SMILES string of the molecule is CCOc1ccc(C(C)O)cc1[N+](=O)[O-]. The van der Waals surface area contributed by atoms with Gasteiger partial charge in [0, 0.05) is 6.07 Å². The van der Waals surface area contributed by atoms with Crippen LogP contribution < -0.4 is 4.74 Å². The van der Waals surface area contributed by atoms with Crippen molar-refractivity contribution >= 4 is 5.69 Å². The fraction of sp³-hybridized carbons (Fsp3) is 0.400. The van der Waals surface area contributed by atoms with Gasteiger partial charge in [-0.05, 0) is 25.5 Å². The van der Waals surface area contributed by atoms with Crippen molar-refractivity contribution in [1.82, 2.24) is 0 Å². The fourth-order valence-corrected chi connectivity index (χ4v) is 1.21. The summed E-state index contributed by atoms with van der Waals surface area (Å²) in [6.07, 6.45) is -0.723. The highest BCUT2D eigenvalue weighted by molar-refractivity contribution is 5.49. The Labute approximate surface area is 87.5 Å². The third-order valence-electron chi connectivity index (χ3n) is 1.96. The molecule has 0 saturated heterocycles. The van der Waals surface area contributed by atoms with E-state index in [1.165, 1.54) is 12.1 Å². The van der Waals surface area contributed by atoms with Crippen LogP contribution in [0.4, 0.5) is 5.69 Å². The lowest BCUT2D eigenvalue weighted by molar-refractivity contribution is -0.386. The van der Waals surface area contributed by atoms with Crippen molar-refractivity contribution in [3.05, 3.63) is 33.9 Å². The number of ether oxygens (including phenoxy) is 1. The zero-order chi connectivity index (χ0) is 11.4. The number of nitro groups is 1. The molecule has 0 saturated carbocycles. The van der Waals surface area contributed by atoms with Crippen molar-refractivity contribution in [2.75, 3.05) is 6.61 Å². The van der Waals surface area contributed by atoms with Crippen LogP contribution >= 0.6 is 0 Å².